The lowest BCUT2D eigenvalue weighted by Gasteiger charge is -2.33. The predicted molar refractivity (Wildman–Crippen MR) is 107 cm³/mol. The predicted octanol–water partition coefficient (Wildman–Crippen LogP) is 1.82. The number of amides is 2. The molecule has 1 fully saturated rings. The van der Waals surface area contributed by atoms with E-state index in [0.29, 0.717) is 29.5 Å². The van der Waals surface area contributed by atoms with E-state index < -0.39 is 0 Å². The Morgan fingerprint density at radius 2 is 1.74 bits per heavy atom. The zero-order valence-corrected chi connectivity index (χ0v) is 16.8. The van der Waals surface area contributed by atoms with Crippen LogP contribution < -0.4 is 15.4 Å². The number of nitrogens with zero attached hydrogens (tertiary/aromatic N) is 2. The molecule has 1 aliphatic heterocycles. The highest BCUT2D eigenvalue weighted by atomic mass is 35.5. The van der Waals surface area contributed by atoms with Gasteiger partial charge in [0.15, 0.2) is 0 Å². The quantitative estimate of drug-likeness (QED) is 0.623. The van der Waals surface area contributed by atoms with Gasteiger partial charge >= 0.3 is 0 Å². The molecule has 27 heavy (non-hydrogen) atoms. The topological polar surface area (TPSA) is 73.9 Å². The van der Waals surface area contributed by atoms with Crippen LogP contribution in [0.5, 0.6) is 5.75 Å². The summed E-state index contributed by atoms with van der Waals surface area (Å²) in [5.41, 5.74) is 0.567. The average molecular weight is 397 g/mol. The van der Waals surface area contributed by atoms with Crippen molar-refractivity contribution in [2.24, 2.45) is 0 Å². The molecule has 0 saturated carbocycles. The minimum absolute atomic E-state index is 0.0719. The second kappa shape index (κ2) is 11.1. The maximum absolute atomic E-state index is 12.3. The molecule has 8 heteroatoms. The van der Waals surface area contributed by atoms with Crippen molar-refractivity contribution in [2.75, 3.05) is 58.2 Å². The van der Waals surface area contributed by atoms with Crippen molar-refractivity contribution in [3.8, 4) is 5.75 Å². The molecule has 1 saturated heterocycles. The van der Waals surface area contributed by atoms with Gasteiger partial charge in [0.25, 0.3) is 0 Å². The standard InChI is InChI=1S/C19H29ClN4O3/c1-3-4-7-21-18(25)13-23-8-10-24(11-9-23)14-19(26)22-16-12-15(20)5-6-17(16)27-2/h5-6,12H,3-4,7-11,13-14H2,1-2H3,(H,21,25)(H,22,26). The van der Waals surface area contributed by atoms with Gasteiger partial charge in [0, 0.05) is 37.7 Å². The van der Waals surface area contributed by atoms with Crippen LogP contribution in [0.4, 0.5) is 5.69 Å². The van der Waals surface area contributed by atoms with E-state index in [-0.39, 0.29) is 11.8 Å². The monoisotopic (exact) mass is 396 g/mol. The smallest absolute Gasteiger partial charge is 0.238 e. The first-order valence-electron chi connectivity index (χ1n) is 9.36. The number of anilines is 1. The highest BCUT2D eigenvalue weighted by Gasteiger charge is 2.21. The van der Waals surface area contributed by atoms with Gasteiger partial charge < -0.3 is 15.4 Å². The third-order valence-corrected chi connectivity index (χ3v) is 4.72. The summed E-state index contributed by atoms with van der Waals surface area (Å²) in [5, 5.41) is 6.33. The second-order valence-corrected chi connectivity index (χ2v) is 7.09. The summed E-state index contributed by atoms with van der Waals surface area (Å²) in [6.07, 6.45) is 2.08. The van der Waals surface area contributed by atoms with E-state index in [9.17, 15) is 9.59 Å². The third-order valence-electron chi connectivity index (χ3n) is 4.49. The summed E-state index contributed by atoms with van der Waals surface area (Å²) in [7, 11) is 1.55. The molecule has 0 spiro atoms. The SMILES string of the molecule is CCCCNC(=O)CN1CCN(CC(=O)Nc2cc(Cl)ccc2OC)CC1. The van der Waals surface area contributed by atoms with E-state index in [4.69, 9.17) is 16.3 Å². The molecule has 0 atom stereocenters. The lowest BCUT2D eigenvalue weighted by atomic mass is 10.2. The first-order valence-corrected chi connectivity index (χ1v) is 9.74. The largest absolute Gasteiger partial charge is 0.495 e. The van der Waals surface area contributed by atoms with Crippen molar-refractivity contribution in [2.45, 2.75) is 19.8 Å². The van der Waals surface area contributed by atoms with Gasteiger partial charge in [0.05, 0.1) is 25.9 Å². The van der Waals surface area contributed by atoms with Gasteiger partial charge in [0.1, 0.15) is 5.75 Å². The normalized spacial score (nSPS) is 15.4. The zero-order valence-electron chi connectivity index (χ0n) is 16.1. The van der Waals surface area contributed by atoms with Gasteiger partial charge in [-0.25, -0.2) is 0 Å². The van der Waals surface area contributed by atoms with E-state index in [2.05, 4.69) is 27.4 Å². The third kappa shape index (κ3) is 7.36. The van der Waals surface area contributed by atoms with Crippen molar-refractivity contribution in [1.29, 1.82) is 0 Å². The first kappa shape index (κ1) is 21.5. The van der Waals surface area contributed by atoms with Crippen LogP contribution in [0.1, 0.15) is 19.8 Å². The fraction of sp³-hybridized carbons (Fsp3) is 0.579. The van der Waals surface area contributed by atoms with E-state index in [1.165, 1.54) is 0 Å². The number of carbonyl (C=O) groups excluding carboxylic acids is 2. The molecule has 7 nitrogen and oxygen atoms in total. The van der Waals surface area contributed by atoms with Gasteiger partial charge in [0.2, 0.25) is 11.8 Å². The van der Waals surface area contributed by atoms with E-state index in [1.807, 2.05) is 0 Å². The molecule has 1 aromatic rings. The fourth-order valence-electron chi connectivity index (χ4n) is 2.94. The van der Waals surface area contributed by atoms with Crippen LogP contribution in [0.15, 0.2) is 18.2 Å². The van der Waals surface area contributed by atoms with Crippen LogP contribution in [-0.4, -0.2) is 74.5 Å². The summed E-state index contributed by atoms with van der Waals surface area (Å²) in [4.78, 5) is 28.4. The highest BCUT2D eigenvalue weighted by molar-refractivity contribution is 6.31. The Balaban J connectivity index is 1.73. The Bertz CT molecular complexity index is 633. The van der Waals surface area contributed by atoms with Crippen molar-refractivity contribution in [3.05, 3.63) is 23.2 Å². The number of ether oxygens (including phenoxy) is 1. The summed E-state index contributed by atoms with van der Waals surface area (Å²) < 4.78 is 5.25. The van der Waals surface area contributed by atoms with Crippen molar-refractivity contribution >= 4 is 29.1 Å². The van der Waals surface area contributed by atoms with Gasteiger partial charge in [-0.15, -0.1) is 0 Å². The molecule has 0 aromatic heterocycles. The van der Waals surface area contributed by atoms with Crippen LogP contribution in [0.3, 0.4) is 0 Å². The molecule has 1 heterocycles. The van der Waals surface area contributed by atoms with Gasteiger partial charge in [-0.3, -0.25) is 19.4 Å². The van der Waals surface area contributed by atoms with E-state index >= 15 is 0 Å². The van der Waals surface area contributed by atoms with Gasteiger partial charge in [-0.1, -0.05) is 24.9 Å². The summed E-state index contributed by atoms with van der Waals surface area (Å²) in [5.74, 6) is 0.538. The van der Waals surface area contributed by atoms with Crippen LogP contribution in [0.25, 0.3) is 0 Å². The lowest BCUT2D eigenvalue weighted by Crippen LogP contribution is -2.51. The van der Waals surface area contributed by atoms with Crippen molar-refractivity contribution in [3.63, 3.8) is 0 Å². The Hall–Kier alpha value is -1.83. The molecule has 2 rings (SSSR count). The number of hydrogen-bond donors (Lipinski definition) is 2. The van der Waals surface area contributed by atoms with Crippen molar-refractivity contribution in [1.82, 2.24) is 15.1 Å². The van der Waals surface area contributed by atoms with Crippen LogP contribution in [-0.2, 0) is 9.59 Å². The van der Waals surface area contributed by atoms with Crippen LogP contribution in [0, 0.1) is 0 Å². The second-order valence-electron chi connectivity index (χ2n) is 6.65. The fourth-order valence-corrected chi connectivity index (χ4v) is 3.11. The lowest BCUT2D eigenvalue weighted by molar-refractivity contribution is -0.123. The molecule has 1 aromatic carbocycles. The van der Waals surface area contributed by atoms with Crippen LogP contribution >= 0.6 is 11.6 Å². The number of piperazine rings is 1. The molecule has 150 valence electrons. The van der Waals surface area contributed by atoms with Gasteiger partial charge in [-0.05, 0) is 24.6 Å². The molecule has 2 amide bonds. The zero-order chi connectivity index (χ0) is 19.6. The number of methoxy groups -OCH3 is 1. The highest BCUT2D eigenvalue weighted by Crippen LogP contribution is 2.27. The summed E-state index contributed by atoms with van der Waals surface area (Å²) >= 11 is 5.99. The molecule has 2 N–H and O–H groups in total. The average Bonchev–Trinajstić information content (AvgIpc) is 2.64. The Kier molecular flexibility index (Phi) is 8.84. The minimum Gasteiger partial charge on any atom is -0.495 e. The molecule has 1 aliphatic rings. The number of unbranched alkanes of at least 4 members (excludes halogenated alkanes) is 1. The van der Waals surface area contributed by atoms with Crippen molar-refractivity contribution < 1.29 is 14.3 Å². The number of halogens is 1. The molecular weight excluding hydrogens is 368 g/mol. The Morgan fingerprint density at radius 1 is 1.11 bits per heavy atom. The van der Waals surface area contributed by atoms with E-state index in [1.54, 1.807) is 25.3 Å². The Morgan fingerprint density at radius 3 is 2.33 bits per heavy atom. The van der Waals surface area contributed by atoms with E-state index in [0.717, 1.165) is 45.6 Å². The molecule has 0 unspecified atom stereocenters. The maximum Gasteiger partial charge on any atom is 0.238 e. The summed E-state index contributed by atoms with van der Waals surface area (Å²) in [6.45, 7) is 6.61. The number of nitrogens with one attached hydrogen (secondary N) is 2. The Labute approximate surface area is 166 Å². The molecule has 0 aliphatic carbocycles. The maximum atomic E-state index is 12.3. The number of benzene rings is 1. The van der Waals surface area contributed by atoms with Gasteiger partial charge in [-0.2, -0.15) is 0 Å². The number of hydrogen-bond acceptors (Lipinski definition) is 5. The minimum atomic E-state index is -0.110. The number of rotatable bonds is 9. The van der Waals surface area contributed by atoms with Crippen LogP contribution in [0.2, 0.25) is 5.02 Å². The first-order chi connectivity index (χ1) is 13.0. The number of carbonyl (C=O) groups is 2. The molecular formula is C19H29ClN4O3. The summed E-state index contributed by atoms with van der Waals surface area (Å²) in [6, 6.07) is 5.11. The molecule has 0 radical (unpaired) electrons. The molecule has 0 bridgehead atoms.